The molecular formula is C25H27N5O. The van der Waals surface area contributed by atoms with Crippen LogP contribution in [0.15, 0.2) is 60.6 Å². The Morgan fingerprint density at radius 2 is 1.94 bits per heavy atom. The summed E-state index contributed by atoms with van der Waals surface area (Å²) in [5, 5.41) is 4.57. The summed E-state index contributed by atoms with van der Waals surface area (Å²) in [7, 11) is 0. The van der Waals surface area contributed by atoms with Crippen LogP contribution in [0.3, 0.4) is 0 Å². The first-order valence-electron chi connectivity index (χ1n) is 11.1. The SMILES string of the molecule is O=C(c1cccnc1NCC1=CC(c2c[nH]c3ncccc23)=CCC1)N1CCCCC1. The number of fused-ring (bicyclic) bond motifs is 1. The first-order valence-corrected chi connectivity index (χ1v) is 11.1. The summed E-state index contributed by atoms with van der Waals surface area (Å²) in [5.41, 5.74) is 5.27. The Kier molecular flexibility index (Phi) is 5.52. The highest BCUT2D eigenvalue weighted by Crippen LogP contribution is 2.30. The van der Waals surface area contributed by atoms with Crippen molar-refractivity contribution in [1.29, 1.82) is 0 Å². The zero-order valence-corrected chi connectivity index (χ0v) is 17.6. The van der Waals surface area contributed by atoms with Gasteiger partial charge in [-0.1, -0.05) is 17.7 Å². The highest BCUT2D eigenvalue weighted by molar-refractivity contribution is 5.99. The quantitative estimate of drug-likeness (QED) is 0.630. The maximum Gasteiger partial charge on any atom is 0.257 e. The number of carbonyl (C=O) groups is 1. The predicted molar refractivity (Wildman–Crippen MR) is 124 cm³/mol. The normalized spacial score (nSPS) is 16.7. The highest BCUT2D eigenvalue weighted by Gasteiger charge is 2.21. The number of amides is 1. The Hall–Kier alpha value is -3.41. The molecule has 158 valence electrons. The van der Waals surface area contributed by atoms with Crippen molar-refractivity contribution in [2.45, 2.75) is 32.1 Å². The minimum Gasteiger partial charge on any atom is -0.366 e. The van der Waals surface area contributed by atoms with Crippen LogP contribution in [-0.4, -0.2) is 45.4 Å². The number of H-pyrrole nitrogens is 1. The van der Waals surface area contributed by atoms with Gasteiger partial charge in [-0.3, -0.25) is 4.79 Å². The number of hydrogen-bond acceptors (Lipinski definition) is 4. The van der Waals surface area contributed by atoms with Crippen molar-refractivity contribution >= 4 is 28.3 Å². The van der Waals surface area contributed by atoms with Gasteiger partial charge in [0.15, 0.2) is 0 Å². The lowest BCUT2D eigenvalue weighted by molar-refractivity contribution is 0.0725. The average molecular weight is 414 g/mol. The maximum atomic E-state index is 13.0. The molecular weight excluding hydrogens is 386 g/mol. The first-order chi connectivity index (χ1) is 15.3. The lowest BCUT2D eigenvalue weighted by Crippen LogP contribution is -2.36. The fraction of sp³-hybridized carbons (Fsp3) is 0.320. The van der Waals surface area contributed by atoms with Crippen molar-refractivity contribution in [3.8, 4) is 0 Å². The number of nitrogens with one attached hydrogen (secondary N) is 2. The smallest absolute Gasteiger partial charge is 0.257 e. The summed E-state index contributed by atoms with van der Waals surface area (Å²) in [4.78, 5) is 27.1. The third-order valence-electron chi connectivity index (χ3n) is 6.12. The molecule has 2 N–H and O–H groups in total. The topological polar surface area (TPSA) is 73.9 Å². The number of pyridine rings is 2. The van der Waals surface area contributed by atoms with E-state index < -0.39 is 0 Å². The standard InChI is InChI=1S/C25H27N5O/c31-25(30-13-2-1-3-14-30)21-10-6-12-27-24(21)28-16-18-7-4-8-19(15-18)22-17-29-23-20(22)9-5-11-26-23/h5-6,8-12,15,17H,1-4,7,13-14,16H2,(H,26,29)(H,27,28). The van der Waals surface area contributed by atoms with Crippen LogP contribution in [0.25, 0.3) is 16.6 Å². The molecule has 0 saturated carbocycles. The number of carbonyl (C=O) groups excluding carboxylic acids is 1. The van der Waals surface area contributed by atoms with E-state index in [2.05, 4.69) is 38.5 Å². The molecule has 3 aromatic heterocycles. The Morgan fingerprint density at radius 1 is 1.10 bits per heavy atom. The lowest BCUT2D eigenvalue weighted by atomic mass is 9.94. The predicted octanol–water partition coefficient (Wildman–Crippen LogP) is 4.80. The van der Waals surface area contributed by atoms with Crippen LogP contribution in [-0.2, 0) is 0 Å². The van der Waals surface area contributed by atoms with Crippen molar-refractivity contribution in [2.75, 3.05) is 25.0 Å². The van der Waals surface area contributed by atoms with Crippen LogP contribution in [0.1, 0.15) is 48.0 Å². The van der Waals surface area contributed by atoms with Gasteiger partial charge in [-0.25, -0.2) is 9.97 Å². The fourth-order valence-electron chi connectivity index (χ4n) is 4.47. The lowest BCUT2D eigenvalue weighted by Gasteiger charge is -2.27. The van der Waals surface area contributed by atoms with E-state index in [4.69, 9.17) is 0 Å². The van der Waals surface area contributed by atoms with Crippen LogP contribution < -0.4 is 5.32 Å². The molecule has 1 fully saturated rings. The van der Waals surface area contributed by atoms with Crippen LogP contribution in [0.2, 0.25) is 0 Å². The molecule has 0 radical (unpaired) electrons. The second-order valence-corrected chi connectivity index (χ2v) is 8.21. The van der Waals surface area contributed by atoms with E-state index in [9.17, 15) is 4.79 Å². The van der Waals surface area contributed by atoms with E-state index >= 15 is 0 Å². The molecule has 2 aliphatic rings. The van der Waals surface area contributed by atoms with Gasteiger partial charge in [0.2, 0.25) is 0 Å². The minimum atomic E-state index is 0.0831. The molecule has 0 atom stereocenters. The minimum absolute atomic E-state index is 0.0831. The zero-order chi connectivity index (χ0) is 21.0. The molecule has 31 heavy (non-hydrogen) atoms. The van der Waals surface area contributed by atoms with Crippen molar-refractivity contribution in [1.82, 2.24) is 19.9 Å². The van der Waals surface area contributed by atoms with Gasteiger partial charge in [0.25, 0.3) is 5.91 Å². The number of hydrogen-bond donors (Lipinski definition) is 2. The van der Waals surface area contributed by atoms with Gasteiger partial charge in [0.1, 0.15) is 11.5 Å². The molecule has 1 aliphatic heterocycles. The molecule has 0 spiro atoms. The molecule has 0 aromatic carbocycles. The number of piperidine rings is 1. The largest absolute Gasteiger partial charge is 0.366 e. The number of anilines is 1. The maximum absolute atomic E-state index is 13.0. The Bertz CT molecular complexity index is 1150. The fourth-order valence-corrected chi connectivity index (χ4v) is 4.47. The van der Waals surface area contributed by atoms with Gasteiger partial charge in [0.05, 0.1) is 5.56 Å². The third kappa shape index (κ3) is 4.10. The first kappa shape index (κ1) is 19.5. The van der Waals surface area contributed by atoms with E-state index in [0.717, 1.165) is 49.8 Å². The van der Waals surface area contributed by atoms with Crippen LogP contribution in [0.4, 0.5) is 5.82 Å². The van der Waals surface area contributed by atoms with Crippen molar-refractivity contribution < 1.29 is 4.79 Å². The van der Waals surface area contributed by atoms with Gasteiger partial charge in [0, 0.05) is 49.2 Å². The molecule has 4 heterocycles. The van der Waals surface area contributed by atoms with E-state index in [1.54, 1.807) is 12.4 Å². The number of allylic oxidation sites excluding steroid dienone is 3. The van der Waals surface area contributed by atoms with Gasteiger partial charge in [-0.15, -0.1) is 0 Å². The number of aromatic nitrogens is 3. The van der Waals surface area contributed by atoms with E-state index in [-0.39, 0.29) is 5.91 Å². The molecule has 1 amide bonds. The number of likely N-dealkylation sites (tertiary alicyclic amines) is 1. The molecule has 0 bridgehead atoms. The monoisotopic (exact) mass is 413 g/mol. The Morgan fingerprint density at radius 3 is 2.84 bits per heavy atom. The van der Waals surface area contributed by atoms with Crippen molar-refractivity contribution in [3.05, 3.63) is 71.7 Å². The Balaban J connectivity index is 1.32. The van der Waals surface area contributed by atoms with E-state index in [1.165, 1.54) is 23.1 Å². The molecule has 0 unspecified atom stereocenters. The molecule has 6 nitrogen and oxygen atoms in total. The highest BCUT2D eigenvalue weighted by atomic mass is 16.2. The second-order valence-electron chi connectivity index (χ2n) is 8.21. The van der Waals surface area contributed by atoms with Crippen LogP contribution >= 0.6 is 0 Å². The molecule has 5 rings (SSSR count). The summed E-state index contributed by atoms with van der Waals surface area (Å²) in [6.07, 6.45) is 15.5. The Labute approximate surface area is 182 Å². The summed E-state index contributed by atoms with van der Waals surface area (Å²) in [6.45, 7) is 2.35. The van der Waals surface area contributed by atoms with Gasteiger partial charge in [-0.2, -0.15) is 0 Å². The van der Waals surface area contributed by atoms with Crippen molar-refractivity contribution in [2.24, 2.45) is 0 Å². The van der Waals surface area contributed by atoms with Gasteiger partial charge in [-0.05, 0) is 61.9 Å². The van der Waals surface area contributed by atoms with Gasteiger partial charge >= 0.3 is 0 Å². The van der Waals surface area contributed by atoms with E-state index in [1.807, 2.05) is 29.3 Å². The van der Waals surface area contributed by atoms with E-state index in [0.29, 0.717) is 17.9 Å². The number of rotatable bonds is 5. The summed E-state index contributed by atoms with van der Waals surface area (Å²) in [5.74, 6) is 0.756. The molecule has 1 saturated heterocycles. The number of nitrogens with zero attached hydrogens (tertiary/aromatic N) is 3. The van der Waals surface area contributed by atoms with Crippen molar-refractivity contribution in [3.63, 3.8) is 0 Å². The molecule has 3 aromatic rings. The zero-order valence-electron chi connectivity index (χ0n) is 17.6. The number of aromatic amines is 1. The summed E-state index contributed by atoms with van der Waals surface area (Å²) in [6, 6.07) is 7.79. The second kappa shape index (κ2) is 8.76. The van der Waals surface area contributed by atoms with Crippen LogP contribution in [0, 0.1) is 0 Å². The summed E-state index contributed by atoms with van der Waals surface area (Å²) < 4.78 is 0. The van der Waals surface area contributed by atoms with Crippen LogP contribution in [0.5, 0.6) is 0 Å². The third-order valence-corrected chi connectivity index (χ3v) is 6.12. The molecule has 1 aliphatic carbocycles. The van der Waals surface area contributed by atoms with Gasteiger partial charge < -0.3 is 15.2 Å². The average Bonchev–Trinajstić information content (AvgIpc) is 3.27. The molecule has 6 heteroatoms. The summed E-state index contributed by atoms with van der Waals surface area (Å²) >= 11 is 0.